The summed E-state index contributed by atoms with van der Waals surface area (Å²) in [7, 11) is 1.82. The van der Waals surface area contributed by atoms with Gasteiger partial charge in [-0.1, -0.05) is 48.0 Å². The smallest absolute Gasteiger partial charge is 0.251 e. The van der Waals surface area contributed by atoms with Gasteiger partial charge in [-0.3, -0.25) is 4.79 Å². The second-order valence-electron chi connectivity index (χ2n) is 5.25. The van der Waals surface area contributed by atoms with E-state index in [2.05, 4.69) is 37.3 Å². The van der Waals surface area contributed by atoms with Crippen LogP contribution < -0.4 is 5.56 Å². The second-order valence-corrected chi connectivity index (χ2v) is 5.25. The van der Waals surface area contributed by atoms with E-state index in [1.165, 1.54) is 11.1 Å². The molecule has 2 nitrogen and oxygen atoms in total. The molecule has 20 heavy (non-hydrogen) atoms. The van der Waals surface area contributed by atoms with Crippen LogP contribution in [0.5, 0.6) is 0 Å². The average molecular weight is 263 g/mol. The highest BCUT2D eigenvalue weighted by Crippen LogP contribution is 2.19. The van der Waals surface area contributed by atoms with Crippen molar-refractivity contribution in [2.75, 3.05) is 0 Å². The Kier molecular flexibility index (Phi) is 3.15. The van der Waals surface area contributed by atoms with Crippen LogP contribution in [0.1, 0.15) is 16.7 Å². The van der Waals surface area contributed by atoms with Gasteiger partial charge >= 0.3 is 0 Å². The monoisotopic (exact) mass is 263 g/mol. The van der Waals surface area contributed by atoms with Gasteiger partial charge in [0.25, 0.3) is 5.56 Å². The van der Waals surface area contributed by atoms with Crippen LogP contribution in [-0.4, -0.2) is 4.57 Å². The zero-order valence-electron chi connectivity index (χ0n) is 11.8. The first-order chi connectivity index (χ1) is 9.65. The Morgan fingerprint density at radius 3 is 2.45 bits per heavy atom. The van der Waals surface area contributed by atoms with E-state index in [-0.39, 0.29) is 5.56 Å². The number of hydrogen-bond donors (Lipinski definition) is 0. The molecule has 0 unspecified atom stereocenters. The summed E-state index contributed by atoms with van der Waals surface area (Å²) in [5, 5.41) is 1.15. The molecule has 0 amide bonds. The molecule has 0 saturated carbocycles. The summed E-state index contributed by atoms with van der Waals surface area (Å²) >= 11 is 0. The number of benzene rings is 2. The van der Waals surface area contributed by atoms with E-state index in [0.29, 0.717) is 0 Å². The first-order valence-corrected chi connectivity index (χ1v) is 6.78. The molecule has 3 rings (SSSR count). The third-order valence-corrected chi connectivity index (χ3v) is 3.75. The van der Waals surface area contributed by atoms with Gasteiger partial charge in [-0.15, -0.1) is 0 Å². The molecule has 0 aliphatic heterocycles. The van der Waals surface area contributed by atoms with E-state index in [9.17, 15) is 4.79 Å². The Morgan fingerprint density at radius 2 is 1.70 bits per heavy atom. The number of hydrogen-bond acceptors (Lipinski definition) is 1. The van der Waals surface area contributed by atoms with Crippen LogP contribution in [0.2, 0.25) is 0 Å². The first kappa shape index (κ1) is 12.7. The lowest BCUT2D eigenvalue weighted by atomic mass is 10.0. The number of fused-ring (bicyclic) bond motifs is 1. The van der Waals surface area contributed by atoms with Crippen molar-refractivity contribution in [2.45, 2.75) is 13.3 Å². The summed E-state index contributed by atoms with van der Waals surface area (Å²) in [6, 6.07) is 18.3. The SMILES string of the molecule is Cc1ccc(Cc2cc(=O)n(C)c3ccccc23)cc1. The molecule has 0 N–H and O–H groups in total. The van der Waals surface area contributed by atoms with Gasteiger partial charge in [0.15, 0.2) is 0 Å². The third-order valence-electron chi connectivity index (χ3n) is 3.75. The molecule has 0 aliphatic carbocycles. The molecule has 0 bridgehead atoms. The number of nitrogens with zero attached hydrogens (tertiary/aromatic N) is 1. The van der Waals surface area contributed by atoms with Crippen molar-refractivity contribution in [1.82, 2.24) is 4.57 Å². The van der Waals surface area contributed by atoms with Gasteiger partial charge in [0.1, 0.15) is 0 Å². The highest BCUT2D eigenvalue weighted by molar-refractivity contribution is 5.82. The quantitative estimate of drug-likeness (QED) is 0.694. The summed E-state index contributed by atoms with van der Waals surface area (Å²) in [5.41, 5.74) is 4.61. The zero-order chi connectivity index (χ0) is 14.1. The maximum absolute atomic E-state index is 12.1. The van der Waals surface area contributed by atoms with E-state index in [0.717, 1.165) is 22.9 Å². The molecule has 0 saturated heterocycles. The largest absolute Gasteiger partial charge is 0.311 e. The van der Waals surface area contributed by atoms with Gasteiger partial charge in [0.05, 0.1) is 5.52 Å². The molecular formula is C18H17NO. The van der Waals surface area contributed by atoms with Crippen molar-refractivity contribution in [3.8, 4) is 0 Å². The van der Waals surface area contributed by atoms with Gasteiger partial charge in [0.2, 0.25) is 0 Å². The lowest BCUT2D eigenvalue weighted by molar-refractivity contribution is 0.900. The van der Waals surface area contributed by atoms with Gasteiger partial charge in [-0.25, -0.2) is 0 Å². The number of pyridine rings is 1. The van der Waals surface area contributed by atoms with Crippen molar-refractivity contribution in [2.24, 2.45) is 7.05 Å². The third kappa shape index (κ3) is 2.25. The molecule has 0 radical (unpaired) electrons. The molecular weight excluding hydrogens is 246 g/mol. The molecule has 2 heteroatoms. The van der Waals surface area contributed by atoms with Gasteiger partial charge in [-0.05, 0) is 30.5 Å². The molecule has 1 heterocycles. The zero-order valence-corrected chi connectivity index (χ0v) is 11.8. The summed E-state index contributed by atoms with van der Waals surface area (Å²) in [6.45, 7) is 2.08. The van der Waals surface area contributed by atoms with Crippen molar-refractivity contribution >= 4 is 10.9 Å². The van der Waals surface area contributed by atoms with Crippen LogP contribution in [0.15, 0.2) is 59.4 Å². The molecule has 0 atom stereocenters. The normalized spacial score (nSPS) is 10.9. The van der Waals surface area contributed by atoms with Crippen LogP contribution in [-0.2, 0) is 13.5 Å². The van der Waals surface area contributed by atoms with Crippen LogP contribution in [0.4, 0.5) is 0 Å². The lowest BCUT2D eigenvalue weighted by Gasteiger charge is -2.10. The highest BCUT2D eigenvalue weighted by Gasteiger charge is 2.06. The summed E-state index contributed by atoms with van der Waals surface area (Å²) < 4.78 is 1.70. The minimum Gasteiger partial charge on any atom is -0.311 e. The van der Waals surface area contributed by atoms with Gasteiger partial charge in [-0.2, -0.15) is 0 Å². The van der Waals surface area contributed by atoms with Crippen molar-refractivity contribution < 1.29 is 0 Å². The maximum atomic E-state index is 12.1. The van der Waals surface area contributed by atoms with E-state index >= 15 is 0 Å². The molecule has 0 spiro atoms. The summed E-state index contributed by atoms with van der Waals surface area (Å²) in [5.74, 6) is 0. The Labute approximate surface area is 118 Å². The standard InChI is InChI=1S/C18H17NO/c1-13-7-9-14(10-8-13)11-15-12-18(20)19(2)17-6-4-3-5-16(15)17/h3-10,12H,11H2,1-2H3. The number of aromatic nitrogens is 1. The molecule has 3 aromatic rings. The van der Waals surface area contributed by atoms with Crippen LogP contribution in [0, 0.1) is 6.92 Å². The fraction of sp³-hybridized carbons (Fsp3) is 0.167. The minimum absolute atomic E-state index is 0.0470. The van der Waals surface area contributed by atoms with Gasteiger partial charge < -0.3 is 4.57 Å². The summed E-state index contributed by atoms with van der Waals surface area (Å²) in [6.07, 6.45) is 0.789. The van der Waals surface area contributed by atoms with Crippen LogP contribution in [0.25, 0.3) is 10.9 Å². The fourth-order valence-electron chi connectivity index (χ4n) is 2.55. The number of aryl methyl sites for hydroxylation is 2. The number of rotatable bonds is 2. The molecule has 0 aliphatic rings. The van der Waals surface area contributed by atoms with E-state index < -0.39 is 0 Å². The van der Waals surface area contributed by atoms with Crippen molar-refractivity contribution in [1.29, 1.82) is 0 Å². The van der Waals surface area contributed by atoms with E-state index in [4.69, 9.17) is 0 Å². The topological polar surface area (TPSA) is 22.0 Å². The van der Waals surface area contributed by atoms with Crippen molar-refractivity contribution in [3.05, 3.63) is 81.6 Å². The number of para-hydroxylation sites is 1. The lowest BCUT2D eigenvalue weighted by Crippen LogP contribution is -2.17. The van der Waals surface area contributed by atoms with E-state index in [1.807, 2.05) is 25.2 Å². The van der Waals surface area contributed by atoms with Gasteiger partial charge in [0, 0.05) is 18.5 Å². The Hall–Kier alpha value is -2.35. The Balaban J connectivity index is 2.14. The van der Waals surface area contributed by atoms with Crippen LogP contribution in [0.3, 0.4) is 0 Å². The molecule has 2 aromatic carbocycles. The first-order valence-electron chi connectivity index (χ1n) is 6.78. The van der Waals surface area contributed by atoms with Crippen molar-refractivity contribution in [3.63, 3.8) is 0 Å². The predicted octanol–water partition coefficient (Wildman–Crippen LogP) is 3.44. The predicted molar refractivity (Wildman–Crippen MR) is 83.2 cm³/mol. The fourth-order valence-corrected chi connectivity index (χ4v) is 2.55. The average Bonchev–Trinajstić information content (AvgIpc) is 2.47. The molecule has 0 fully saturated rings. The Morgan fingerprint density at radius 1 is 1.00 bits per heavy atom. The van der Waals surface area contributed by atoms with E-state index in [1.54, 1.807) is 10.6 Å². The minimum atomic E-state index is 0.0470. The molecule has 100 valence electrons. The molecule has 1 aromatic heterocycles. The second kappa shape index (κ2) is 4.97. The highest BCUT2D eigenvalue weighted by atomic mass is 16.1. The van der Waals surface area contributed by atoms with Crippen LogP contribution >= 0.6 is 0 Å². The Bertz CT molecular complexity index is 813. The maximum Gasteiger partial charge on any atom is 0.251 e. The summed E-state index contributed by atoms with van der Waals surface area (Å²) in [4.78, 5) is 12.1.